The summed E-state index contributed by atoms with van der Waals surface area (Å²) in [6.45, 7) is 6.19. The summed E-state index contributed by atoms with van der Waals surface area (Å²) in [5.74, 6) is 2.04. The minimum atomic E-state index is -2.56. The Morgan fingerprint density at radius 3 is 2.77 bits per heavy atom. The molecule has 4 heterocycles. The second-order valence-electron chi connectivity index (χ2n) is 9.83. The molecular weight excluding hydrogens is 460 g/mol. The number of rotatable bonds is 4. The van der Waals surface area contributed by atoms with Crippen molar-refractivity contribution in [1.29, 1.82) is 0 Å². The largest absolute Gasteiger partial charge is 0.376 e. The second kappa shape index (κ2) is 9.04. The maximum Gasteiger partial charge on any atom is 0.228 e. The standard InChI is InChI=1S/C26H32N6O2S/c1-18-6-7-23-22(14-18)25(31-10-8-20(27)17-31)30-26(29-23)32-11-13-35(33,28-15-21-9-12-34-21)24-5-3-2-4-19(24)16-32/h2-7,14,20-21H,8-13,15-17,27H2,1H3/t20-,21?,35?/m0/s1. The molecule has 3 aliphatic rings. The van der Waals surface area contributed by atoms with Gasteiger partial charge in [0.05, 0.1) is 38.5 Å². The van der Waals surface area contributed by atoms with Crippen molar-refractivity contribution in [2.75, 3.05) is 48.3 Å². The summed E-state index contributed by atoms with van der Waals surface area (Å²) in [6, 6.07) is 14.4. The molecule has 2 N–H and O–H groups in total. The third-order valence-electron chi connectivity index (χ3n) is 7.22. The number of hydrogen-bond acceptors (Lipinski definition) is 8. The summed E-state index contributed by atoms with van der Waals surface area (Å²) >= 11 is 0. The van der Waals surface area contributed by atoms with Crippen molar-refractivity contribution >= 4 is 32.4 Å². The van der Waals surface area contributed by atoms with Crippen LogP contribution in [0.5, 0.6) is 0 Å². The molecule has 35 heavy (non-hydrogen) atoms. The van der Waals surface area contributed by atoms with Gasteiger partial charge in [-0.15, -0.1) is 0 Å². The molecule has 0 amide bonds. The Bertz CT molecular complexity index is 1380. The highest BCUT2D eigenvalue weighted by molar-refractivity contribution is 7.93. The molecule has 184 valence electrons. The fourth-order valence-corrected chi connectivity index (χ4v) is 7.28. The Labute approximate surface area is 206 Å². The van der Waals surface area contributed by atoms with E-state index >= 15 is 0 Å². The number of nitrogens with two attached hydrogens (primary N) is 1. The number of fused-ring (bicyclic) bond motifs is 2. The molecule has 2 aromatic carbocycles. The predicted octanol–water partition coefficient (Wildman–Crippen LogP) is 3.11. The lowest BCUT2D eigenvalue weighted by atomic mass is 10.1. The summed E-state index contributed by atoms with van der Waals surface area (Å²) in [5.41, 5.74) is 9.35. The molecule has 9 heteroatoms. The van der Waals surface area contributed by atoms with Gasteiger partial charge in [-0.05, 0) is 43.5 Å². The van der Waals surface area contributed by atoms with Gasteiger partial charge < -0.3 is 20.3 Å². The quantitative estimate of drug-likeness (QED) is 0.598. The van der Waals surface area contributed by atoms with Gasteiger partial charge in [0, 0.05) is 44.2 Å². The lowest BCUT2D eigenvalue weighted by Gasteiger charge is -2.25. The molecule has 0 saturated carbocycles. The van der Waals surface area contributed by atoms with E-state index in [0.717, 1.165) is 59.7 Å². The van der Waals surface area contributed by atoms with E-state index in [1.807, 2.05) is 24.3 Å². The molecule has 3 aliphatic heterocycles. The van der Waals surface area contributed by atoms with Crippen molar-refractivity contribution < 1.29 is 8.95 Å². The Morgan fingerprint density at radius 1 is 1.14 bits per heavy atom. The first kappa shape index (κ1) is 22.7. The average molecular weight is 493 g/mol. The number of nitrogens with zero attached hydrogens (tertiary/aromatic N) is 5. The maximum atomic E-state index is 14.1. The molecule has 2 fully saturated rings. The van der Waals surface area contributed by atoms with E-state index in [-0.39, 0.29) is 12.1 Å². The maximum absolute atomic E-state index is 14.1. The topological polar surface area (TPSA) is 96.9 Å². The van der Waals surface area contributed by atoms with Crippen molar-refractivity contribution in [2.45, 2.75) is 43.4 Å². The van der Waals surface area contributed by atoms with Gasteiger partial charge >= 0.3 is 0 Å². The highest BCUT2D eigenvalue weighted by Crippen LogP contribution is 2.32. The van der Waals surface area contributed by atoms with Crippen molar-refractivity contribution in [3.63, 3.8) is 0 Å². The Kier molecular flexibility index (Phi) is 5.86. The number of ether oxygens (including phenoxy) is 1. The summed E-state index contributed by atoms with van der Waals surface area (Å²) in [5, 5.41) is 1.05. The van der Waals surface area contributed by atoms with E-state index in [1.54, 1.807) is 0 Å². The molecule has 1 aromatic heterocycles. The minimum absolute atomic E-state index is 0.0986. The van der Waals surface area contributed by atoms with Crippen LogP contribution in [-0.4, -0.2) is 64.9 Å². The third-order valence-corrected chi connectivity index (χ3v) is 9.61. The van der Waals surface area contributed by atoms with Gasteiger partial charge in [0.1, 0.15) is 5.82 Å². The van der Waals surface area contributed by atoms with Crippen LogP contribution >= 0.6 is 0 Å². The molecule has 0 bridgehead atoms. The summed E-state index contributed by atoms with van der Waals surface area (Å²) in [7, 11) is -2.56. The van der Waals surface area contributed by atoms with Crippen LogP contribution in [0.25, 0.3) is 10.9 Å². The first-order chi connectivity index (χ1) is 17.0. The van der Waals surface area contributed by atoms with Crippen LogP contribution in [0, 0.1) is 6.92 Å². The molecule has 0 radical (unpaired) electrons. The first-order valence-corrected chi connectivity index (χ1v) is 14.1. The highest BCUT2D eigenvalue weighted by atomic mass is 32.2. The zero-order valence-electron chi connectivity index (χ0n) is 20.1. The van der Waals surface area contributed by atoms with E-state index in [2.05, 4.69) is 34.9 Å². The fourth-order valence-electron chi connectivity index (χ4n) is 5.09. The number of aromatic nitrogens is 2. The van der Waals surface area contributed by atoms with Crippen LogP contribution in [0.15, 0.2) is 51.7 Å². The Balaban J connectivity index is 1.40. The second-order valence-corrected chi connectivity index (χ2v) is 12.2. The summed E-state index contributed by atoms with van der Waals surface area (Å²) < 4.78 is 24.4. The minimum Gasteiger partial charge on any atom is -0.376 e. The van der Waals surface area contributed by atoms with Gasteiger partial charge in [-0.2, -0.15) is 4.98 Å². The smallest absolute Gasteiger partial charge is 0.228 e. The molecule has 8 nitrogen and oxygen atoms in total. The van der Waals surface area contributed by atoms with Crippen LogP contribution in [0.3, 0.4) is 0 Å². The molecule has 2 saturated heterocycles. The SMILES string of the molecule is Cc1ccc2nc(N3CCS(=O)(=NCC4CCO4)c4ccccc4C3)nc(N3CC[C@H](N)C3)c2c1. The number of anilines is 2. The van der Waals surface area contributed by atoms with Gasteiger partial charge in [0.25, 0.3) is 0 Å². The van der Waals surface area contributed by atoms with Crippen LogP contribution in [0.1, 0.15) is 24.0 Å². The number of aryl methyl sites for hydroxylation is 1. The summed E-state index contributed by atoms with van der Waals surface area (Å²) in [6.07, 6.45) is 2.04. The molecule has 6 rings (SSSR count). The van der Waals surface area contributed by atoms with Crippen molar-refractivity contribution in [3.8, 4) is 0 Å². The van der Waals surface area contributed by atoms with Crippen molar-refractivity contribution in [3.05, 3.63) is 53.6 Å². The van der Waals surface area contributed by atoms with Gasteiger partial charge in [0.2, 0.25) is 5.95 Å². The normalized spacial score (nSPS) is 26.3. The lowest BCUT2D eigenvalue weighted by Crippen LogP contribution is -2.31. The van der Waals surface area contributed by atoms with Crippen LogP contribution < -0.4 is 15.5 Å². The van der Waals surface area contributed by atoms with E-state index in [0.29, 0.717) is 31.3 Å². The monoisotopic (exact) mass is 492 g/mol. The molecule has 2 unspecified atom stereocenters. The zero-order chi connectivity index (χ0) is 24.0. The average Bonchev–Trinajstić information content (AvgIpc) is 3.20. The van der Waals surface area contributed by atoms with Crippen molar-refractivity contribution in [1.82, 2.24) is 9.97 Å². The fraction of sp³-hybridized carbons (Fsp3) is 0.462. The van der Waals surface area contributed by atoms with Crippen LogP contribution in [-0.2, 0) is 21.0 Å². The predicted molar refractivity (Wildman–Crippen MR) is 139 cm³/mol. The lowest BCUT2D eigenvalue weighted by molar-refractivity contribution is -0.0430. The number of hydrogen-bond donors (Lipinski definition) is 1. The van der Waals surface area contributed by atoms with Gasteiger partial charge in [-0.25, -0.2) is 13.6 Å². The zero-order valence-corrected chi connectivity index (χ0v) is 20.9. The van der Waals surface area contributed by atoms with Crippen LogP contribution in [0.4, 0.5) is 11.8 Å². The van der Waals surface area contributed by atoms with Gasteiger partial charge in [0.15, 0.2) is 0 Å². The molecule has 3 atom stereocenters. The number of benzene rings is 2. The van der Waals surface area contributed by atoms with E-state index in [1.165, 1.54) is 5.56 Å². The summed E-state index contributed by atoms with van der Waals surface area (Å²) in [4.78, 5) is 15.3. The van der Waals surface area contributed by atoms with Gasteiger partial charge in [-0.1, -0.05) is 29.8 Å². The van der Waals surface area contributed by atoms with E-state index < -0.39 is 9.73 Å². The van der Waals surface area contributed by atoms with Crippen molar-refractivity contribution in [2.24, 2.45) is 10.1 Å². The van der Waals surface area contributed by atoms with Crippen LogP contribution in [0.2, 0.25) is 0 Å². The molecular formula is C26H32N6O2S. The molecule has 0 aliphatic carbocycles. The Hall–Kier alpha value is -2.75. The third kappa shape index (κ3) is 4.37. The highest BCUT2D eigenvalue weighted by Gasteiger charge is 2.29. The molecule has 3 aromatic rings. The first-order valence-electron chi connectivity index (χ1n) is 12.4. The Morgan fingerprint density at radius 2 is 2.00 bits per heavy atom. The van der Waals surface area contributed by atoms with E-state index in [9.17, 15) is 4.21 Å². The molecule has 0 spiro atoms. The van der Waals surface area contributed by atoms with Gasteiger partial charge in [-0.3, -0.25) is 0 Å². The van der Waals surface area contributed by atoms with E-state index in [4.69, 9.17) is 24.8 Å².